The van der Waals surface area contributed by atoms with E-state index in [0.29, 0.717) is 46.9 Å². The van der Waals surface area contributed by atoms with Gasteiger partial charge in [-0.3, -0.25) is 9.59 Å². The predicted octanol–water partition coefficient (Wildman–Crippen LogP) is 4.46. The number of carbonyl (C=O) groups excluding carboxylic acids is 2. The van der Waals surface area contributed by atoms with E-state index in [1.807, 2.05) is 12.1 Å². The molecule has 4 aromatic rings. The van der Waals surface area contributed by atoms with Crippen molar-refractivity contribution in [2.75, 3.05) is 18.5 Å². The van der Waals surface area contributed by atoms with Crippen molar-refractivity contribution in [2.45, 2.75) is 13.3 Å². The van der Waals surface area contributed by atoms with Gasteiger partial charge in [0.25, 0.3) is 5.91 Å². The second-order valence-electron chi connectivity index (χ2n) is 7.90. The number of halogens is 1. The molecule has 0 saturated carbocycles. The quantitative estimate of drug-likeness (QED) is 0.357. The number of rotatable bonds is 8. The first kappa shape index (κ1) is 24.3. The smallest absolute Gasteiger partial charge is 0.256 e. The Morgan fingerprint density at radius 2 is 1.97 bits per heavy atom. The largest absolute Gasteiger partial charge is 0.493 e. The number of carbonyl (C=O) groups is 2. The van der Waals surface area contributed by atoms with E-state index < -0.39 is 11.7 Å². The third-order valence-corrected chi connectivity index (χ3v) is 5.30. The topological polar surface area (TPSA) is 117 Å². The van der Waals surface area contributed by atoms with Crippen LogP contribution in [-0.4, -0.2) is 34.9 Å². The summed E-state index contributed by atoms with van der Waals surface area (Å²) in [5, 5.41) is 15.3. The maximum Gasteiger partial charge on any atom is 0.256 e. The van der Waals surface area contributed by atoms with Crippen LogP contribution in [0.25, 0.3) is 22.2 Å². The summed E-state index contributed by atoms with van der Waals surface area (Å²) in [7, 11) is 0. The lowest BCUT2D eigenvalue weighted by Gasteiger charge is -2.14. The van der Waals surface area contributed by atoms with Crippen molar-refractivity contribution >= 4 is 28.7 Å². The van der Waals surface area contributed by atoms with Gasteiger partial charge in [0, 0.05) is 36.2 Å². The fraction of sp³-hybridized carbons (Fsp3) is 0.148. The number of nitrogens with one attached hydrogen (secondary N) is 2. The van der Waals surface area contributed by atoms with Gasteiger partial charge in [-0.15, -0.1) is 0 Å². The Labute approximate surface area is 206 Å². The van der Waals surface area contributed by atoms with Crippen molar-refractivity contribution in [1.29, 1.82) is 5.26 Å². The molecule has 0 saturated heterocycles. The van der Waals surface area contributed by atoms with Crippen LogP contribution in [0.1, 0.15) is 29.3 Å². The first-order valence-corrected chi connectivity index (χ1v) is 11.2. The van der Waals surface area contributed by atoms with E-state index in [4.69, 9.17) is 10.00 Å². The molecule has 36 heavy (non-hydrogen) atoms. The zero-order chi connectivity index (χ0) is 25.5. The number of hydrogen-bond acceptors (Lipinski definition) is 6. The average molecular weight is 484 g/mol. The molecule has 180 valence electrons. The molecule has 0 bridgehead atoms. The van der Waals surface area contributed by atoms with Crippen LogP contribution in [-0.2, 0) is 4.79 Å². The Balaban J connectivity index is 1.59. The van der Waals surface area contributed by atoms with Crippen molar-refractivity contribution in [3.8, 4) is 22.9 Å². The summed E-state index contributed by atoms with van der Waals surface area (Å²) in [5.41, 5.74) is 1.81. The molecule has 0 fully saturated rings. The molecule has 9 heteroatoms. The summed E-state index contributed by atoms with van der Waals surface area (Å²) in [6, 6.07) is 18.1. The number of benzene rings is 2. The van der Waals surface area contributed by atoms with E-state index in [-0.39, 0.29) is 18.1 Å². The molecule has 2 amide bonds. The van der Waals surface area contributed by atoms with E-state index in [9.17, 15) is 14.0 Å². The summed E-state index contributed by atoms with van der Waals surface area (Å²) < 4.78 is 20.2. The van der Waals surface area contributed by atoms with Gasteiger partial charge >= 0.3 is 0 Å². The van der Waals surface area contributed by atoms with Crippen molar-refractivity contribution in [3.05, 3.63) is 83.8 Å². The molecule has 0 unspecified atom stereocenters. The molecule has 2 aromatic heterocycles. The third kappa shape index (κ3) is 5.80. The van der Waals surface area contributed by atoms with Crippen LogP contribution in [0, 0.1) is 17.1 Å². The second kappa shape index (κ2) is 11.1. The normalized spacial score (nSPS) is 10.5. The minimum Gasteiger partial charge on any atom is -0.493 e. The highest BCUT2D eigenvalue weighted by Crippen LogP contribution is 2.32. The zero-order valence-electron chi connectivity index (χ0n) is 19.4. The van der Waals surface area contributed by atoms with Crippen molar-refractivity contribution in [2.24, 2.45) is 0 Å². The highest BCUT2D eigenvalue weighted by molar-refractivity contribution is 6.04. The molecule has 0 aliphatic carbocycles. The summed E-state index contributed by atoms with van der Waals surface area (Å²) in [5.74, 6) is -0.479. The first-order chi connectivity index (χ1) is 17.4. The summed E-state index contributed by atoms with van der Waals surface area (Å²) in [4.78, 5) is 32.6. The molecule has 2 N–H and O–H groups in total. The van der Waals surface area contributed by atoms with Gasteiger partial charge in [-0.05, 0) is 66.6 Å². The van der Waals surface area contributed by atoms with Crippen LogP contribution in [0.15, 0.2) is 66.9 Å². The minimum absolute atomic E-state index is 0.0649. The van der Waals surface area contributed by atoms with Gasteiger partial charge in [-0.1, -0.05) is 6.07 Å². The van der Waals surface area contributed by atoms with Gasteiger partial charge < -0.3 is 15.4 Å². The molecule has 0 aliphatic rings. The Morgan fingerprint density at radius 3 is 2.75 bits per heavy atom. The van der Waals surface area contributed by atoms with Crippen LogP contribution >= 0.6 is 0 Å². The standard InChI is InChI=1S/C27H22FN5O3/c1-17(34)30-12-3-13-36-24-15-20(7-9-22(24)19-5-6-21(16-29)23(28)14-19)27(35)33-25-10-8-18-4-2-11-31-26(18)32-25/h2,4-11,14-15H,3,12-13H2,1H3,(H,30,34)(H,31,32,33,35). The maximum atomic E-state index is 14.3. The van der Waals surface area contributed by atoms with Gasteiger partial charge in [0.1, 0.15) is 23.5 Å². The Bertz CT molecular complexity index is 1480. The molecule has 2 heterocycles. The number of aromatic nitrogens is 2. The summed E-state index contributed by atoms with van der Waals surface area (Å²) >= 11 is 0. The highest BCUT2D eigenvalue weighted by Gasteiger charge is 2.15. The lowest BCUT2D eigenvalue weighted by molar-refractivity contribution is -0.118. The van der Waals surface area contributed by atoms with E-state index in [0.717, 1.165) is 5.39 Å². The van der Waals surface area contributed by atoms with Gasteiger partial charge in [-0.2, -0.15) is 5.26 Å². The summed E-state index contributed by atoms with van der Waals surface area (Å²) in [6.07, 6.45) is 2.16. The molecule has 2 aromatic carbocycles. The highest BCUT2D eigenvalue weighted by atomic mass is 19.1. The monoisotopic (exact) mass is 483 g/mol. The average Bonchev–Trinajstić information content (AvgIpc) is 2.88. The Morgan fingerprint density at radius 1 is 1.11 bits per heavy atom. The number of nitriles is 1. The van der Waals surface area contributed by atoms with E-state index in [1.54, 1.807) is 48.7 Å². The van der Waals surface area contributed by atoms with Crippen LogP contribution in [0.5, 0.6) is 5.75 Å². The maximum absolute atomic E-state index is 14.3. The van der Waals surface area contributed by atoms with Gasteiger partial charge in [0.05, 0.1) is 12.2 Å². The van der Waals surface area contributed by atoms with E-state index >= 15 is 0 Å². The zero-order valence-corrected chi connectivity index (χ0v) is 19.4. The minimum atomic E-state index is -0.649. The molecular formula is C27H22FN5O3. The summed E-state index contributed by atoms with van der Waals surface area (Å²) in [6.45, 7) is 2.12. The second-order valence-corrected chi connectivity index (χ2v) is 7.90. The predicted molar refractivity (Wildman–Crippen MR) is 133 cm³/mol. The molecule has 0 spiro atoms. The van der Waals surface area contributed by atoms with E-state index in [1.165, 1.54) is 19.1 Å². The molecule has 0 radical (unpaired) electrons. The number of pyridine rings is 2. The number of anilines is 1. The number of nitrogens with zero attached hydrogens (tertiary/aromatic N) is 3. The molecule has 4 rings (SSSR count). The fourth-order valence-corrected chi connectivity index (χ4v) is 3.52. The fourth-order valence-electron chi connectivity index (χ4n) is 3.52. The number of ether oxygens (including phenoxy) is 1. The van der Waals surface area contributed by atoms with Crippen molar-refractivity contribution in [3.63, 3.8) is 0 Å². The Hall–Kier alpha value is -4.84. The molecule has 8 nitrogen and oxygen atoms in total. The molecule has 0 aliphatic heterocycles. The lowest BCUT2D eigenvalue weighted by Crippen LogP contribution is -2.22. The van der Waals surface area contributed by atoms with Gasteiger partial charge in [0.15, 0.2) is 5.65 Å². The third-order valence-electron chi connectivity index (χ3n) is 5.30. The van der Waals surface area contributed by atoms with E-state index in [2.05, 4.69) is 20.6 Å². The lowest BCUT2D eigenvalue weighted by atomic mass is 10.0. The van der Waals surface area contributed by atoms with Crippen molar-refractivity contribution < 1.29 is 18.7 Å². The van der Waals surface area contributed by atoms with Gasteiger partial charge in [0.2, 0.25) is 5.91 Å². The molecule has 0 atom stereocenters. The number of hydrogen-bond donors (Lipinski definition) is 2. The number of amides is 2. The number of fused-ring (bicyclic) bond motifs is 1. The van der Waals surface area contributed by atoms with Crippen LogP contribution in [0.4, 0.5) is 10.2 Å². The van der Waals surface area contributed by atoms with Crippen LogP contribution < -0.4 is 15.4 Å². The molecular weight excluding hydrogens is 461 g/mol. The van der Waals surface area contributed by atoms with Crippen molar-refractivity contribution in [1.82, 2.24) is 15.3 Å². The first-order valence-electron chi connectivity index (χ1n) is 11.2. The van der Waals surface area contributed by atoms with Gasteiger partial charge in [-0.25, -0.2) is 14.4 Å². The van der Waals surface area contributed by atoms with Crippen LogP contribution in [0.2, 0.25) is 0 Å². The Kier molecular flexibility index (Phi) is 7.46. The SMILES string of the molecule is CC(=O)NCCCOc1cc(C(=O)Nc2ccc3cccnc3n2)ccc1-c1ccc(C#N)c(F)c1. The van der Waals surface area contributed by atoms with Crippen LogP contribution in [0.3, 0.4) is 0 Å².